The van der Waals surface area contributed by atoms with Crippen molar-refractivity contribution in [3.63, 3.8) is 0 Å². The number of carbonyl (C=O) groups is 1. The Kier molecular flexibility index (Phi) is 3.95. The molecule has 0 aliphatic carbocycles. The van der Waals surface area contributed by atoms with Crippen molar-refractivity contribution in [1.29, 1.82) is 0 Å². The highest BCUT2D eigenvalue weighted by molar-refractivity contribution is 5.94. The number of hydrogen-bond donors (Lipinski definition) is 2. The molecule has 0 heterocycles. The molecule has 2 rings (SSSR count). The lowest BCUT2D eigenvalue weighted by atomic mass is 10.1. The van der Waals surface area contributed by atoms with Crippen LogP contribution in [0.1, 0.15) is 13.3 Å². The zero-order valence-electron chi connectivity index (χ0n) is 10.5. The van der Waals surface area contributed by atoms with E-state index in [1.807, 2.05) is 43.3 Å². The number of hydrogen-bond acceptors (Lipinski definition) is 2. The average molecular weight is 242 g/mol. The summed E-state index contributed by atoms with van der Waals surface area (Å²) in [5, 5.41) is 5.20. The summed E-state index contributed by atoms with van der Waals surface area (Å²) in [5.41, 5.74) is 6.34. The van der Waals surface area contributed by atoms with Gasteiger partial charge in [-0.15, -0.1) is 0 Å². The molecular formula is C15H18N2O. The molecule has 3 heteroatoms. The van der Waals surface area contributed by atoms with Gasteiger partial charge < -0.3 is 11.1 Å². The van der Waals surface area contributed by atoms with Gasteiger partial charge in [0.25, 0.3) is 0 Å². The van der Waals surface area contributed by atoms with Gasteiger partial charge in [-0.2, -0.15) is 0 Å². The first kappa shape index (κ1) is 12.6. The molecule has 3 nitrogen and oxygen atoms in total. The minimum Gasteiger partial charge on any atom is -0.330 e. The minimum atomic E-state index is 0.0169. The maximum atomic E-state index is 11.8. The van der Waals surface area contributed by atoms with Crippen LogP contribution in [0.25, 0.3) is 10.8 Å². The van der Waals surface area contributed by atoms with Gasteiger partial charge in [0, 0.05) is 12.1 Å². The molecule has 2 aromatic carbocycles. The first-order valence-electron chi connectivity index (χ1n) is 6.18. The molecule has 0 aliphatic heterocycles. The molecule has 2 aromatic rings. The molecule has 0 bridgehead atoms. The number of rotatable bonds is 4. The van der Waals surface area contributed by atoms with Crippen LogP contribution in [0, 0.1) is 5.92 Å². The lowest BCUT2D eigenvalue weighted by Gasteiger charge is -2.09. The van der Waals surface area contributed by atoms with Crippen LogP contribution in [0.15, 0.2) is 42.5 Å². The Labute approximate surface area is 107 Å². The molecule has 1 amide bonds. The Morgan fingerprint density at radius 3 is 2.67 bits per heavy atom. The van der Waals surface area contributed by atoms with Crippen LogP contribution < -0.4 is 11.1 Å². The van der Waals surface area contributed by atoms with E-state index in [0.717, 1.165) is 11.1 Å². The number of fused-ring (bicyclic) bond motifs is 1. The van der Waals surface area contributed by atoms with Crippen molar-refractivity contribution < 1.29 is 4.79 Å². The maximum Gasteiger partial charge on any atom is 0.224 e. The predicted octanol–water partition coefficient (Wildman–Crippen LogP) is 2.76. The summed E-state index contributed by atoms with van der Waals surface area (Å²) in [5.74, 6) is 0.230. The van der Waals surface area contributed by atoms with Crippen molar-refractivity contribution in [2.24, 2.45) is 11.7 Å². The van der Waals surface area contributed by atoms with E-state index < -0.39 is 0 Å². The largest absolute Gasteiger partial charge is 0.330 e. The van der Waals surface area contributed by atoms with E-state index in [4.69, 9.17) is 5.73 Å². The van der Waals surface area contributed by atoms with E-state index in [2.05, 4.69) is 11.4 Å². The molecule has 1 atom stereocenters. The topological polar surface area (TPSA) is 55.1 Å². The predicted molar refractivity (Wildman–Crippen MR) is 75.4 cm³/mol. The van der Waals surface area contributed by atoms with Crippen molar-refractivity contribution in [3.8, 4) is 0 Å². The Hall–Kier alpha value is -1.87. The minimum absolute atomic E-state index is 0.0169. The molecule has 18 heavy (non-hydrogen) atoms. The van der Waals surface area contributed by atoms with E-state index in [1.54, 1.807) is 0 Å². The molecule has 3 N–H and O–H groups in total. The van der Waals surface area contributed by atoms with E-state index in [9.17, 15) is 4.79 Å². The van der Waals surface area contributed by atoms with Crippen LogP contribution in [-0.2, 0) is 4.79 Å². The van der Waals surface area contributed by atoms with E-state index in [1.165, 1.54) is 5.39 Å². The molecule has 0 fully saturated rings. The standard InChI is InChI=1S/C15H18N2O/c1-11(10-16)8-15(18)17-14-7-6-12-4-2-3-5-13(12)9-14/h2-7,9,11H,8,10,16H2,1H3,(H,17,18). The van der Waals surface area contributed by atoms with Crippen LogP contribution in [0.3, 0.4) is 0 Å². The molecule has 94 valence electrons. The summed E-state index contributed by atoms with van der Waals surface area (Å²) < 4.78 is 0. The summed E-state index contributed by atoms with van der Waals surface area (Å²) in [6.07, 6.45) is 0.462. The van der Waals surface area contributed by atoms with Crippen LogP contribution >= 0.6 is 0 Å². The van der Waals surface area contributed by atoms with Gasteiger partial charge in [0.05, 0.1) is 0 Å². The molecular weight excluding hydrogens is 224 g/mol. The third-order valence-corrected chi connectivity index (χ3v) is 2.97. The van der Waals surface area contributed by atoms with Crippen molar-refractivity contribution in [1.82, 2.24) is 0 Å². The summed E-state index contributed by atoms with van der Waals surface area (Å²) in [6.45, 7) is 2.51. The van der Waals surface area contributed by atoms with Gasteiger partial charge in [-0.25, -0.2) is 0 Å². The molecule has 0 saturated carbocycles. The van der Waals surface area contributed by atoms with Gasteiger partial charge in [-0.05, 0) is 35.4 Å². The molecule has 0 saturated heterocycles. The fourth-order valence-electron chi connectivity index (χ4n) is 1.88. The highest BCUT2D eigenvalue weighted by atomic mass is 16.1. The highest BCUT2D eigenvalue weighted by Crippen LogP contribution is 2.19. The van der Waals surface area contributed by atoms with Gasteiger partial charge in [-0.1, -0.05) is 37.3 Å². The molecule has 0 radical (unpaired) electrons. The lowest BCUT2D eigenvalue weighted by molar-refractivity contribution is -0.116. The first-order valence-corrected chi connectivity index (χ1v) is 6.18. The quantitative estimate of drug-likeness (QED) is 0.866. The second-order valence-corrected chi connectivity index (χ2v) is 4.66. The second-order valence-electron chi connectivity index (χ2n) is 4.66. The number of nitrogens with one attached hydrogen (secondary N) is 1. The molecule has 1 unspecified atom stereocenters. The van der Waals surface area contributed by atoms with E-state index >= 15 is 0 Å². The smallest absolute Gasteiger partial charge is 0.224 e. The van der Waals surface area contributed by atoms with Crippen molar-refractivity contribution in [2.75, 3.05) is 11.9 Å². The van der Waals surface area contributed by atoms with Gasteiger partial charge in [0.15, 0.2) is 0 Å². The first-order chi connectivity index (χ1) is 8.69. The Bertz CT molecular complexity index is 551. The third-order valence-electron chi connectivity index (χ3n) is 2.97. The summed E-state index contributed by atoms with van der Waals surface area (Å²) in [6, 6.07) is 14.0. The average Bonchev–Trinajstić information content (AvgIpc) is 2.38. The molecule has 0 aromatic heterocycles. The van der Waals surface area contributed by atoms with Crippen LogP contribution in [0.2, 0.25) is 0 Å². The summed E-state index contributed by atoms with van der Waals surface area (Å²) in [4.78, 5) is 11.8. The zero-order chi connectivity index (χ0) is 13.0. The number of amides is 1. The molecule has 0 spiro atoms. The van der Waals surface area contributed by atoms with Crippen LogP contribution in [-0.4, -0.2) is 12.5 Å². The van der Waals surface area contributed by atoms with Crippen LogP contribution in [0.4, 0.5) is 5.69 Å². The molecule has 0 aliphatic rings. The number of carbonyl (C=O) groups excluding carboxylic acids is 1. The van der Waals surface area contributed by atoms with E-state index in [-0.39, 0.29) is 11.8 Å². The Balaban J connectivity index is 2.10. The van der Waals surface area contributed by atoms with Crippen molar-refractivity contribution in [2.45, 2.75) is 13.3 Å². The fraction of sp³-hybridized carbons (Fsp3) is 0.267. The Morgan fingerprint density at radius 1 is 1.22 bits per heavy atom. The normalized spacial score (nSPS) is 12.3. The van der Waals surface area contributed by atoms with Gasteiger partial charge in [-0.3, -0.25) is 4.79 Å². The summed E-state index contributed by atoms with van der Waals surface area (Å²) >= 11 is 0. The van der Waals surface area contributed by atoms with E-state index in [0.29, 0.717) is 13.0 Å². The van der Waals surface area contributed by atoms with Crippen LogP contribution in [0.5, 0.6) is 0 Å². The highest BCUT2D eigenvalue weighted by Gasteiger charge is 2.07. The zero-order valence-corrected chi connectivity index (χ0v) is 10.5. The monoisotopic (exact) mass is 242 g/mol. The fourth-order valence-corrected chi connectivity index (χ4v) is 1.88. The number of nitrogens with two attached hydrogens (primary N) is 1. The number of benzene rings is 2. The lowest BCUT2D eigenvalue weighted by Crippen LogP contribution is -2.20. The SMILES string of the molecule is CC(CN)CC(=O)Nc1ccc2ccccc2c1. The second kappa shape index (κ2) is 5.65. The van der Waals surface area contributed by atoms with Crippen molar-refractivity contribution >= 4 is 22.4 Å². The maximum absolute atomic E-state index is 11.8. The summed E-state index contributed by atoms with van der Waals surface area (Å²) in [7, 11) is 0. The number of anilines is 1. The van der Waals surface area contributed by atoms with Crippen molar-refractivity contribution in [3.05, 3.63) is 42.5 Å². The van der Waals surface area contributed by atoms with Gasteiger partial charge in [0.1, 0.15) is 0 Å². The van der Waals surface area contributed by atoms with Gasteiger partial charge in [0.2, 0.25) is 5.91 Å². The third kappa shape index (κ3) is 3.08. The van der Waals surface area contributed by atoms with Gasteiger partial charge >= 0.3 is 0 Å². The Morgan fingerprint density at radius 2 is 1.94 bits per heavy atom.